The van der Waals surface area contributed by atoms with E-state index in [9.17, 15) is 0 Å². The molecule has 1 aliphatic rings. The third-order valence-corrected chi connectivity index (χ3v) is 2.83. The van der Waals surface area contributed by atoms with Crippen molar-refractivity contribution in [2.75, 3.05) is 6.54 Å². The minimum Gasteiger partial charge on any atom is -0.330 e. The Morgan fingerprint density at radius 1 is 1.46 bits per heavy atom. The van der Waals surface area contributed by atoms with Gasteiger partial charge in [0.25, 0.3) is 0 Å². The Kier molecular flexibility index (Phi) is 3.60. The van der Waals surface area contributed by atoms with Gasteiger partial charge in [-0.1, -0.05) is 17.7 Å². The van der Waals surface area contributed by atoms with E-state index in [1.165, 1.54) is 17.5 Å². The summed E-state index contributed by atoms with van der Waals surface area (Å²) in [5, 5.41) is 0.828. The highest BCUT2D eigenvalue weighted by Gasteiger charge is 2.20. The van der Waals surface area contributed by atoms with Crippen LogP contribution in [0, 0.1) is 0 Å². The molecule has 0 radical (unpaired) electrons. The Bertz CT molecular complexity index is 299. The average Bonchev–Trinajstić information content (AvgIpc) is 2.46. The molecule has 0 heterocycles. The quantitative estimate of drug-likeness (QED) is 0.770. The molecule has 0 saturated carbocycles. The van der Waals surface area contributed by atoms with Crippen LogP contribution in [0.4, 0.5) is 0 Å². The van der Waals surface area contributed by atoms with E-state index in [1.807, 2.05) is 6.07 Å². The number of benzene rings is 1. The normalized spacial score (nSPS) is 19.4. The largest absolute Gasteiger partial charge is 0.330 e. The van der Waals surface area contributed by atoms with Crippen LogP contribution in [0.15, 0.2) is 18.2 Å². The number of fused-ring (bicyclic) bond motifs is 1. The van der Waals surface area contributed by atoms with Gasteiger partial charge in [0.2, 0.25) is 0 Å². The van der Waals surface area contributed by atoms with Crippen molar-refractivity contribution in [1.82, 2.24) is 0 Å². The number of hydrogen-bond acceptors (Lipinski definition) is 1. The maximum Gasteiger partial charge on any atom is 0.0409 e. The number of rotatable bonds is 1. The Balaban J connectivity index is 0.000000845. The summed E-state index contributed by atoms with van der Waals surface area (Å²) in [5.41, 5.74) is 8.45. The summed E-state index contributed by atoms with van der Waals surface area (Å²) in [6, 6.07) is 6.13. The van der Waals surface area contributed by atoms with E-state index in [0.29, 0.717) is 5.92 Å². The number of aryl methyl sites for hydroxylation is 1. The third-order valence-electron chi connectivity index (χ3n) is 2.59. The first-order chi connectivity index (χ1) is 5.81. The molecule has 1 nitrogen and oxygen atoms in total. The molecule has 3 heteroatoms. The Morgan fingerprint density at radius 3 is 2.92 bits per heavy atom. The number of hydrogen-bond donors (Lipinski definition) is 1. The van der Waals surface area contributed by atoms with Gasteiger partial charge >= 0.3 is 0 Å². The van der Waals surface area contributed by atoms with Crippen LogP contribution < -0.4 is 5.73 Å². The van der Waals surface area contributed by atoms with Crippen LogP contribution in [0.5, 0.6) is 0 Å². The first-order valence-corrected chi connectivity index (χ1v) is 4.67. The Hall–Kier alpha value is -0.240. The molecule has 1 aromatic carbocycles. The predicted octanol–water partition coefficient (Wildman–Crippen LogP) is 2.75. The van der Waals surface area contributed by atoms with Crippen molar-refractivity contribution < 1.29 is 0 Å². The van der Waals surface area contributed by atoms with Crippen molar-refractivity contribution in [2.24, 2.45) is 5.73 Å². The van der Waals surface area contributed by atoms with Crippen molar-refractivity contribution in [3.05, 3.63) is 34.3 Å². The Labute approximate surface area is 89.7 Å². The van der Waals surface area contributed by atoms with E-state index < -0.39 is 0 Å². The van der Waals surface area contributed by atoms with Gasteiger partial charge in [0.1, 0.15) is 0 Å². The third kappa shape index (κ3) is 1.98. The second kappa shape index (κ2) is 4.32. The van der Waals surface area contributed by atoms with Crippen LogP contribution in [0.1, 0.15) is 23.5 Å². The van der Waals surface area contributed by atoms with Gasteiger partial charge < -0.3 is 5.73 Å². The molecule has 0 amide bonds. The summed E-state index contributed by atoms with van der Waals surface area (Å²) < 4.78 is 0. The molecular weight excluding hydrogens is 205 g/mol. The standard InChI is InChI=1S/C10H12ClN.ClH/c11-9-4-3-7-1-2-8(6-12)10(7)5-9;/h3-5,8H,1-2,6,12H2;1H. The molecule has 0 saturated heterocycles. The molecule has 13 heavy (non-hydrogen) atoms. The van der Waals surface area contributed by atoms with Gasteiger partial charge in [0.15, 0.2) is 0 Å². The first-order valence-electron chi connectivity index (χ1n) is 4.29. The van der Waals surface area contributed by atoms with Crippen LogP contribution in [-0.4, -0.2) is 6.54 Å². The zero-order valence-corrected chi connectivity index (χ0v) is 8.87. The maximum absolute atomic E-state index is 5.90. The van der Waals surface area contributed by atoms with E-state index in [2.05, 4.69) is 12.1 Å². The van der Waals surface area contributed by atoms with Crippen LogP contribution in [0.25, 0.3) is 0 Å². The number of halogens is 2. The van der Waals surface area contributed by atoms with Crippen molar-refractivity contribution in [3.8, 4) is 0 Å². The highest BCUT2D eigenvalue weighted by molar-refractivity contribution is 6.30. The summed E-state index contributed by atoms with van der Waals surface area (Å²) in [4.78, 5) is 0. The van der Waals surface area contributed by atoms with Gasteiger partial charge in [-0.2, -0.15) is 0 Å². The molecule has 2 rings (SSSR count). The minimum absolute atomic E-state index is 0. The van der Waals surface area contributed by atoms with E-state index in [1.54, 1.807) is 0 Å². The topological polar surface area (TPSA) is 26.0 Å². The smallest absolute Gasteiger partial charge is 0.0409 e. The van der Waals surface area contributed by atoms with Crippen molar-refractivity contribution in [3.63, 3.8) is 0 Å². The van der Waals surface area contributed by atoms with E-state index >= 15 is 0 Å². The SMILES string of the molecule is Cl.NCC1CCc2ccc(Cl)cc21. The molecule has 1 aliphatic carbocycles. The van der Waals surface area contributed by atoms with Crippen LogP contribution in [0.3, 0.4) is 0 Å². The summed E-state index contributed by atoms with van der Waals surface area (Å²) in [6.45, 7) is 0.743. The lowest BCUT2D eigenvalue weighted by Gasteiger charge is -2.07. The van der Waals surface area contributed by atoms with Gasteiger partial charge in [-0.05, 0) is 48.6 Å². The van der Waals surface area contributed by atoms with Crippen molar-refractivity contribution >= 4 is 24.0 Å². The highest BCUT2D eigenvalue weighted by Crippen LogP contribution is 2.33. The van der Waals surface area contributed by atoms with Gasteiger partial charge in [0.05, 0.1) is 0 Å². The highest BCUT2D eigenvalue weighted by atomic mass is 35.5. The van der Waals surface area contributed by atoms with Gasteiger partial charge in [-0.25, -0.2) is 0 Å². The molecule has 2 N–H and O–H groups in total. The fraction of sp³-hybridized carbons (Fsp3) is 0.400. The summed E-state index contributed by atoms with van der Waals surface area (Å²) >= 11 is 5.90. The van der Waals surface area contributed by atoms with Crippen molar-refractivity contribution in [1.29, 1.82) is 0 Å². The van der Waals surface area contributed by atoms with E-state index in [0.717, 1.165) is 18.0 Å². The maximum atomic E-state index is 5.90. The molecule has 0 aromatic heterocycles. The second-order valence-corrected chi connectivity index (χ2v) is 3.75. The summed E-state index contributed by atoms with van der Waals surface area (Å²) in [7, 11) is 0. The first kappa shape index (κ1) is 10.8. The molecule has 0 aliphatic heterocycles. The van der Waals surface area contributed by atoms with Gasteiger partial charge in [0, 0.05) is 5.02 Å². The lowest BCUT2D eigenvalue weighted by atomic mass is 10.0. The number of nitrogens with two attached hydrogens (primary N) is 1. The molecule has 0 spiro atoms. The molecule has 1 atom stereocenters. The minimum atomic E-state index is 0. The molecule has 1 unspecified atom stereocenters. The monoisotopic (exact) mass is 217 g/mol. The van der Waals surface area contributed by atoms with Crippen LogP contribution in [0.2, 0.25) is 5.02 Å². The van der Waals surface area contributed by atoms with E-state index in [4.69, 9.17) is 17.3 Å². The molecule has 0 fully saturated rings. The van der Waals surface area contributed by atoms with Gasteiger partial charge in [-0.15, -0.1) is 12.4 Å². The lowest BCUT2D eigenvalue weighted by molar-refractivity contribution is 0.688. The van der Waals surface area contributed by atoms with Crippen molar-refractivity contribution in [2.45, 2.75) is 18.8 Å². The van der Waals surface area contributed by atoms with Crippen LogP contribution >= 0.6 is 24.0 Å². The molecule has 1 aromatic rings. The van der Waals surface area contributed by atoms with Crippen LogP contribution in [-0.2, 0) is 6.42 Å². The average molecular weight is 218 g/mol. The van der Waals surface area contributed by atoms with E-state index in [-0.39, 0.29) is 12.4 Å². The summed E-state index contributed by atoms with van der Waals surface area (Å²) in [6.07, 6.45) is 2.35. The fourth-order valence-electron chi connectivity index (χ4n) is 1.90. The zero-order chi connectivity index (χ0) is 8.55. The van der Waals surface area contributed by atoms with Gasteiger partial charge in [-0.3, -0.25) is 0 Å². The molecule has 0 bridgehead atoms. The fourth-order valence-corrected chi connectivity index (χ4v) is 2.08. The molecular formula is C10H13Cl2N. The molecule has 72 valence electrons. The lowest BCUT2D eigenvalue weighted by Crippen LogP contribution is -2.09. The second-order valence-electron chi connectivity index (χ2n) is 3.31. The Morgan fingerprint density at radius 2 is 2.23 bits per heavy atom. The summed E-state index contributed by atoms with van der Waals surface area (Å²) in [5.74, 6) is 0.540. The zero-order valence-electron chi connectivity index (χ0n) is 7.29. The predicted molar refractivity (Wildman–Crippen MR) is 58.8 cm³/mol.